The van der Waals surface area contributed by atoms with Crippen molar-refractivity contribution in [1.82, 2.24) is 9.88 Å². The Labute approximate surface area is 196 Å². The van der Waals surface area contributed by atoms with Crippen molar-refractivity contribution in [2.24, 2.45) is 0 Å². The van der Waals surface area contributed by atoms with E-state index in [9.17, 15) is 14.0 Å². The van der Waals surface area contributed by atoms with Crippen molar-refractivity contribution < 1.29 is 17.9 Å². The van der Waals surface area contributed by atoms with E-state index in [4.69, 9.17) is 9.15 Å². The Morgan fingerprint density at radius 2 is 1.94 bits per heavy atom. The Bertz CT molecular complexity index is 1360. The molecule has 34 heavy (non-hydrogen) atoms. The second-order valence-electron chi connectivity index (χ2n) is 8.49. The molecular weight excluding hydrogens is 436 g/mol. The highest BCUT2D eigenvalue weighted by atomic mass is 19.3. The second-order valence-corrected chi connectivity index (χ2v) is 8.49. The molecule has 5 rings (SSSR count). The number of nitriles is 1. The summed E-state index contributed by atoms with van der Waals surface area (Å²) in [7, 11) is 0. The molecule has 0 spiro atoms. The van der Waals surface area contributed by atoms with E-state index in [1.807, 2.05) is 42.5 Å². The molecule has 1 aliphatic heterocycles. The summed E-state index contributed by atoms with van der Waals surface area (Å²) in [5, 5.41) is 9.94. The minimum Gasteiger partial charge on any atom is -0.436 e. The number of hydrogen-bond donors (Lipinski definition) is 0. The first-order valence-electron chi connectivity index (χ1n) is 11.2. The summed E-state index contributed by atoms with van der Waals surface area (Å²) in [6, 6.07) is 21.0. The number of benzene rings is 3. The Hall–Kier alpha value is -3.76. The van der Waals surface area contributed by atoms with Crippen molar-refractivity contribution >= 4 is 11.1 Å². The zero-order chi connectivity index (χ0) is 23.7. The molecule has 0 radical (unpaired) electrons. The minimum absolute atomic E-state index is 0.0860. The topological polar surface area (TPSA) is 62.3 Å². The maximum Gasteiger partial charge on any atom is 0.387 e. The van der Waals surface area contributed by atoms with E-state index >= 15 is 0 Å². The molecule has 5 nitrogen and oxygen atoms in total. The van der Waals surface area contributed by atoms with Crippen LogP contribution in [0, 0.1) is 11.3 Å². The number of alkyl halides is 2. The molecule has 172 valence electrons. The van der Waals surface area contributed by atoms with E-state index in [2.05, 4.69) is 22.9 Å². The molecule has 3 aromatic carbocycles. The lowest BCUT2D eigenvalue weighted by atomic mass is 9.96. The van der Waals surface area contributed by atoms with Crippen LogP contribution in [0.25, 0.3) is 33.7 Å². The lowest BCUT2D eigenvalue weighted by molar-refractivity contribution is -0.0507. The van der Waals surface area contributed by atoms with Crippen LogP contribution >= 0.6 is 0 Å². The van der Waals surface area contributed by atoms with Gasteiger partial charge in [0.25, 0.3) is 0 Å². The first kappa shape index (κ1) is 22.1. The molecule has 1 aliphatic rings. The normalized spacial score (nSPS) is 16.3. The van der Waals surface area contributed by atoms with Gasteiger partial charge in [-0.2, -0.15) is 14.0 Å². The third-order valence-electron chi connectivity index (χ3n) is 6.34. The molecule has 0 saturated carbocycles. The maximum absolute atomic E-state index is 13.1. The number of nitrogens with zero attached hydrogens (tertiary/aromatic N) is 3. The summed E-state index contributed by atoms with van der Waals surface area (Å²) >= 11 is 0. The van der Waals surface area contributed by atoms with Crippen LogP contribution in [-0.4, -0.2) is 29.1 Å². The van der Waals surface area contributed by atoms with Gasteiger partial charge in [0.2, 0.25) is 5.89 Å². The van der Waals surface area contributed by atoms with Gasteiger partial charge in [-0.05, 0) is 44.0 Å². The lowest BCUT2D eigenvalue weighted by Crippen LogP contribution is -2.26. The number of ether oxygens (including phenoxy) is 1. The van der Waals surface area contributed by atoms with Gasteiger partial charge in [0.1, 0.15) is 17.3 Å². The minimum atomic E-state index is -2.94. The van der Waals surface area contributed by atoms with Crippen molar-refractivity contribution in [3.05, 3.63) is 71.8 Å². The van der Waals surface area contributed by atoms with Gasteiger partial charge in [-0.15, -0.1) is 0 Å². The Morgan fingerprint density at radius 1 is 1.15 bits per heavy atom. The zero-order valence-corrected chi connectivity index (χ0v) is 18.7. The van der Waals surface area contributed by atoms with E-state index in [0.29, 0.717) is 40.4 Å². The first-order valence-corrected chi connectivity index (χ1v) is 11.2. The van der Waals surface area contributed by atoms with Gasteiger partial charge in [0.15, 0.2) is 5.58 Å². The monoisotopic (exact) mass is 459 g/mol. The van der Waals surface area contributed by atoms with E-state index < -0.39 is 6.61 Å². The Balaban J connectivity index is 1.59. The summed E-state index contributed by atoms with van der Waals surface area (Å²) < 4.78 is 37.1. The van der Waals surface area contributed by atoms with Gasteiger partial charge in [-0.3, -0.25) is 4.90 Å². The van der Waals surface area contributed by atoms with Crippen LogP contribution in [-0.2, 0) is 6.54 Å². The van der Waals surface area contributed by atoms with Gasteiger partial charge >= 0.3 is 6.61 Å². The van der Waals surface area contributed by atoms with Crippen LogP contribution in [0.4, 0.5) is 8.78 Å². The van der Waals surface area contributed by atoms with Crippen LogP contribution in [0.3, 0.4) is 0 Å². The van der Waals surface area contributed by atoms with Crippen LogP contribution in [0.1, 0.15) is 30.9 Å². The highest BCUT2D eigenvalue weighted by Gasteiger charge is 2.24. The average Bonchev–Trinajstić information content (AvgIpc) is 3.44. The maximum atomic E-state index is 13.1. The molecule has 0 aliphatic carbocycles. The molecule has 1 fully saturated rings. The number of aromatic nitrogens is 1. The summed E-state index contributed by atoms with van der Waals surface area (Å²) in [5.41, 5.74) is 4.17. The van der Waals surface area contributed by atoms with Crippen LogP contribution in [0.15, 0.2) is 65.1 Å². The van der Waals surface area contributed by atoms with Gasteiger partial charge < -0.3 is 9.15 Å². The van der Waals surface area contributed by atoms with E-state index in [-0.39, 0.29) is 11.6 Å². The second kappa shape index (κ2) is 9.24. The molecule has 4 aromatic rings. The average molecular weight is 459 g/mol. The molecule has 0 amide bonds. The number of fused-ring (bicyclic) bond motifs is 1. The van der Waals surface area contributed by atoms with Crippen LogP contribution < -0.4 is 4.74 Å². The first-order chi connectivity index (χ1) is 16.5. The third-order valence-corrected chi connectivity index (χ3v) is 6.34. The number of likely N-dealkylation sites (tertiary alicyclic amines) is 1. The highest BCUT2D eigenvalue weighted by molar-refractivity contribution is 5.83. The van der Waals surface area contributed by atoms with Crippen molar-refractivity contribution in [2.45, 2.75) is 39.0 Å². The zero-order valence-electron chi connectivity index (χ0n) is 18.7. The van der Waals surface area contributed by atoms with Gasteiger partial charge in [-0.25, -0.2) is 4.98 Å². The summed E-state index contributed by atoms with van der Waals surface area (Å²) in [6.45, 7) is 0.599. The van der Waals surface area contributed by atoms with Gasteiger partial charge in [0, 0.05) is 29.8 Å². The molecule has 7 heteroatoms. The Kier molecular flexibility index (Phi) is 5.99. The van der Waals surface area contributed by atoms with Crippen molar-refractivity contribution in [3.8, 4) is 34.4 Å². The quantitative estimate of drug-likeness (QED) is 0.324. The number of hydrogen-bond acceptors (Lipinski definition) is 5. The van der Waals surface area contributed by atoms with E-state index in [0.717, 1.165) is 30.5 Å². The molecule has 0 N–H and O–H groups in total. The molecule has 1 saturated heterocycles. The van der Waals surface area contributed by atoms with Crippen LogP contribution in [0.2, 0.25) is 0 Å². The number of halogens is 2. The SMILES string of the molecule is C[C@@H]1CCCN1Cc1cc2nc(-c3cccc(-c4ccccc4)c3C#N)oc2cc1OC(F)F. The summed E-state index contributed by atoms with van der Waals surface area (Å²) in [4.78, 5) is 6.87. The summed E-state index contributed by atoms with van der Waals surface area (Å²) in [5.74, 6) is 0.349. The molecule has 1 aromatic heterocycles. The van der Waals surface area contributed by atoms with Crippen molar-refractivity contribution in [2.75, 3.05) is 6.54 Å². The fourth-order valence-electron chi connectivity index (χ4n) is 4.60. The van der Waals surface area contributed by atoms with Crippen molar-refractivity contribution in [3.63, 3.8) is 0 Å². The number of rotatable bonds is 6. The fourth-order valence-corrected chi connectivity index (χ4v) is 4.60. The molecular formula is C27H23F2N3O2. The fraction of sp³-hybridized carbons (Fsp3) is 0.259. The highest BCUT2D eigenvalue weighted by Crippen LogP contribution is 2.36. The van der Waals surface area contributed by atoms with Gasteiger partial charge in [-0.1, -0.05) is 42.5 Å². The third kappa shape index (κ3) is 4.25. The van der Waals surface area contributed by atoms with Gasteiger partial charge in [0.05, 0.1) is 11.1 Å². The number of oxazole rings is 1. The predicted molar refractivity (Wildman–Crippen MR) is 125 cm³/mol. The predicted octanol–water partition coefficient (Wildman–Crippen LogP) is 6.62. The smallest absolute Gasteiger partial charge is 0.387 e. The molecule has 1 atom stereocenters. The standard InChI is InChI=1S/C27H23F2N3O2/c1-17-7-6-12-32(17)16-19-13-23-25(14-24(19)34-27(28)29)33-26(31-23)21-11-5-10-20(22(21)15-30)18-8-3-2-4-9-18/h2-5,8-11,13-14,17,27H,6-7,12,16H2,1H3/t17-/m1/s1. The summed E-state index contributed by atoms with van der Waals surface area (Å²) in [6.07, 6.45) is 2.16. The van der Waals surface area contributed by atoms with E-state index in [1.54, 1.807) is 12.1 Å². The largest absolute Gasteiger partial charge is 0.436 e. The molecule has 0 bridgehead atoms. The van der Waals surface area contributed by atoms with E-state index in [1.165, 1.54) is 6.07 Å². The lowest BCUT2D eigenvalue weighted by Gasteiger charge is -2.22. The Morgan fingerprint density at radius 3 is 2.65 bits per heavy atom. The van der Waals surface area contributed by atoms with Crippen molar-refractivity contribution in [1.29, 1.82) is 5.26 Å². The molecule has 2 heterocycles. The molecule has 0 unspecified atom stereocenters. The van der Waals surface area contributed by atoms with Crippen LogP contribution in [0.5, 0.6) is 5.75 Å².